The van der Waals surface area contributed by atoms with Gasteiger partial charge in [-0.25, -0.2) is 0 Å². The third-order valence-electron chi connectivity index (χ3n) is 3.09. The number of imidazole rings is 2. The van der Waals surface area contributed by atoms with Crippen molar-refractivity contribution in [3.05, 3.63) is 57.6 Å². The van der Waals surface area contributed by atoms with Crippen LogP contribution < -0.4 is 0 Å². The molecule has 0 saturated heterocycles. The van der Waals surface area contributed by atoms with Crippen molar-refractivity contribution in [1.82, 2.24) is 19.9 Å². The standard InChI is InChI=1S/C8H8N2S.C7H6N2S/c1-5-2-3-6-7(4-5)10-8(11)9-6;10-7-8-5-3-1-2-4-6(5)9-7/h2-4H,1H3,(H2,9,10,11);1-4H,(H2,8,9,10). The molecule has 0 atom stereocenters. The van der Waals surface area contributed by atoms with Crippen molar-refractivity contribution < 1.29 is 0 Å². The molecule has 0 aliphatic carbocycles. The van der Waals surface area contributed by atoms with Crippen LogP contribution in [0.2, 0.25) is 0 Å². The average Bonchev–Trinajstić information content (AvgIpc) is 2.99. The maximum Gasteiger partial charge on any atom is 0.175 e. The molecule has 0 bridgehead atoms. The van der Waals surface area contributed by atoms with E-state index in [1.165, 1.54) is 5.56 Å². The molecular weight excluding hydrogens is 300 g/mol. The van der Waals surface area contributed by atoms with E-state index in [9.17, 15) is 0 Å². The number of aromatic nitrogens is 4. The molecule has 0 amide bonds. The van der Waals surface area contributed by atoms with E-state index in [1.807, 2.05) is 30.3 Å². The number of para-hydroxylation sites is 2. The monoisotopic (exact) mass is 314 g/mol. The molecule has 4 N–H and O–H groups in total. The summed E-state index contributed by atoms with van der Waals surface area (Å²) in [5.41, 5.74) is 5.51. The summed E-state index contributed by atoms with van der Waals surface area (Å²) in [6.45, 7) is 2.06. The number of nitrogens with one attached hydrogen (secondary N) is 4. The van der Waals surface area contributed by atoms with Gasteiger partial charge in [0.15, 0.2) is 9.54 Å². The molecule has 2 aromatic heterocycles. The molecule has 106 valence electrons. The molecule has 0 aliphatic heterocycles. The third-order valence-corrected chi connectivity index (χ3v) is 3.50. The lowest BCUT2D eigenvalue weighted by Crippen LogP contribution is -1.71. The molecule has 0 saturated carbocycles. The van der Waals surface area contributed by atoms with Crippen LogP contribution in [0.15, 0.2) is 42.5 Å². The number of hydrogen-bond acceptors (Lipinski definition) is 2. The van der Waals surface area contributed by atoms with Crippen molar-refractivity contribution in [1.29, 1.82) is 0 Å². The lowest BCUT2D eigenvalue weighted by Gasteiger charge is -1.89. The molecule has 0 radical (unpaired) electrons. The molecule has 2 aromatic carbocycles. The minimum Gasteiger partial charge on any atom is -0.331 e. The van der Waals surface area contributed by atoms with Gasteiger partial charge in [-0.05, 0) is 61.2 Å². The van der Waals surface area contributed by atoms with Crippen LogP contribution in [0.25, 0.3) is 22.1 Å². The summed E-state index contributed by atoms with van der Waals surface area (Å²) >= 11 is 9.85. The van der Waals surface area contributed by atoms with Crippen molar-refractivity contribution in [2.75, 3.05) is 0 Å². The van der Waals surface area contributed by atoms with E-state index in [-0.39, 0.29) is 0 Å². The zero-order chi connectivity index (χ0) is 14.8. The Hall–Kier alpha value is -2.18. The van der Waals surface area contributed by atoms with Crippen molar-refractivity contribution in [2.24, 2.45) is 0 Å². The largest absolute Gasteiger partial charge is 0.331 e. The van der Waals surface area contributed by atoms with E-state index in [4.69, 9.17) is 24.4 Å². The summed E-state index contributed by atoms with van der Waals surface area (Å²) in [6, 6.07) is 14.1. The van der Waals surface area contributed by atoms with Gasteiger partial charge in [-0.1, -0.05) is 18.2 Å². The first-order chi connectivity index (χ1) is 10.1. The fourth-order valence-corrected chi connectivity index (χ4v) is 2.56. The van der Waals surface area contributed by atoms with Gasteiger partial charge in [0.25, 0.3) is 0 Å². The lowest BCUT2D eigenvalue weighted by atomic mass is 10.2. The zero-order valence-corrected chi connectivity index (χ0v) is 13.0. The van der Waals surface area contributed by atoms with E-state index in [0.717, 1.165) is 22.1 Å². The predicted octanol–water partition coefficient (Wildman–Crippen LogP) is 4.76. The summed E-state index contributed by atoms with van der Waals surface area (Å²) in [4.78, 5) is 12.1. The second-order valence-corrected chi connectivity index (χ2v) is 5.57. The molecule has 0 unspecified atom stereocenters. The van der Waals surface area contributed by atoms with Gasteiger partial charge < -0.3 is 19.9 Å². The highest BCUT2D eigenvalue weighted by Gasteiger charge is 1.93. The van der Waals surface area contributed by atoms with Crippen LogP contribution in [0.4, 0.5) is 0 Å². The molecular formula is C15H14N4S2. The van der Waals surface area contributed by atoms with Gasteiger partial charge in [0.2, 0.25) is 0 Å². The Balaban J connectivity index is 0.000000126. The smallest absolute Gasteiger partial charge is 0.175 e. The fraction of sp³-hybridized carbons (Fsp3) is 0.0667. The van der Waals surface area contributed by atoms with E-state index in [1.54, 1.807) is 0 Å². The van der Waals surface area contributed by atoms with Crippen LogP contribution in [-0.2, 0) is 0 Å². The van der Waals surface area contributed by atoms with Gasteiger partial charge in [0.05, 0.1) is 22.1 Å². The number of hydrogen-bond donors (Lipinski definition) is 4. The highest BCUT2D eigenvalue weighted by atomic mass is 32.1. The van der Waals surface area contributed by atoms with Crippen molar-refractivity contribution in [3.63, 3.8) is 0 Å². The van der Waals surface area contributed by atoms with Crippen LogP contribution in [0.1, 0.15) is 5.56 Å². The summed E-state index contributed by atoms with van der Waals surface area (Å²) in [5.74, 6) is 0. The summed E-state index contributed by atoms with van der Waals surface area (Å²) in [6.07, 6.45) is 0. The Labute approximate surface area is 131 Å². The van der Waals surface area contributed by atoms with E-state index in [2.05, 4.69) is 39.0 Å². The molecule has 0 spiro atoms. The molecule has 0 aliphatic rings. The third kappa shape index (κ3) is 3.12. The zero-order valence-electron chi connectivity index (χ0n) is 11.4. The maximum absolute atomic E-state index is 4.95. The van der Waals surface area contributed by atoms with Gasteiger partial charge in [0.1, 0.15) is 0 Å². The SMILES string of the molecule is Cc1ccc2[nH]c(=S)[nH]c2c1.S=c1[nH]c2ccccc2[nH]1. The Morgan fingerprint density at radius 1 is 0.667 bits per heavy atom. The Morgan fingerprint density at radius 3 is 1.71 bits per heavy atom. The van der Waals surface area contributed by atoms with Crippen molar-refractivity contribution in [2.45, 2.75) is 6.92 Å². The normalized spacial score (nSPS) is 10.5. The van der Waals surface area contributed by atoms with Crippen LogP contribution in [-0.4, -0.2) is 19.9 Å². The first-order valence-electron chi connectivity index (χ1n) is 6.47. The molecule has 21 heavy (non-hydrogen) atoms. The van der Waals surface area contributed by atoms with Gasteiger partial charge >= 0.3 is 0 Å². The quantitative estimate of drug-likeness (QED) is 0.354. The van der Waals surface area contributed by atoms with Crippen LogP contribution >= 0.6 is 24.4 Å². The molecule has 4 nitrogen and oxygen atoms in total. The summed E-state index contributed by atoms with van der Waals surface area (Å²) in [5, 5.41) is 0. The number of aryl methyl sites for hydroxylation is 1. The molecule has 4 aromatic rings. The Morgan fingerprint density at radius 2 is 1.14 bits per heavy atom. The number of benzene rings is 2. The molecule has 4 rings (SSSR count). The highest BCUT2D eigenvalue weighted by Crippen LogP contribution is 2.11. The second-order valence-electron chi connectivity index (χ2n) is 4.75. The first-order valence-corrected chi connectivity index (χ1v) is 7.29. The summed E-state index contributed by atoms with van der Waals surface area (Å²) < 4.78 is 1.37. The molecule has 6 heteroatoms. The van der Waals surface area contributed by atoms with Crippen molar-refractivity contribution >= 4 is 46.5 Å². The number of aromatic amines is 4. The number of fused-ring (bicyclic) bond motifs is 2. The lowest BCUT2D eigenvalue weighted by molar-refractivity contribution is 1.30. The highest BCUT2D eigenvalue weighted by molar-refractivity contribution is 7.71. The second kappa shape index (κ2) is 5.67. The van der Waals surface area contributed by atoms with Crippen LogP contribution in [0.3, 0.4) is 0 Å². The van der Waals surface area contributed by atoms with Gasteiger partial charge in [-0.15, -0.1) is 0 Å². The maximum atomic E-state index is 4.95. The average molecular weight is 314 g/mol. The minimum absolute atomic E-state index is 0.682. The molecule has 0 fully saturated rings. The van der Waals surface area contributed by atoms with E-state index >= 15 is 0 Å². The topological polar surface area (TPSA) is 63.2 Å². The van der Waals surface area contributed by atoms with Gasteiger partial charge in [0, 0.05) is 0 Å². The number of rotatable bonds is 0. The van der Waals surface area contributed by atoms with E-state index in [0.29, 0.717) is 9.54 Å². The van der Waals surface area contributed by atoms with Crippen LogP contribution in [0, 0.1) is 16.5 Å². The Bertz CT molecular complexity index is 967. The molecule has 2 heterocycles. The first kappa shape index (κ1) is 13.8. The Kier molecular flexibility index (Phi) is 3.72. The van der Waals surface area contributed by atoms with E-state index < -0.39 is 0 Å². The summed E-state index contributed by atoms with van der Waals surface area (Å²) in [7, 11) is 0. The predicted molar refractivity (Wildman–Crippen MR) is 91.7 cm³/mol. The fourth-order valence-electron chi connectivity index (χ4n) is 2.12. The minimum atomic E-state index is 0.682. The van der Waals surface area contributed by atoms with Gasteiger partial charge in [-0.2, -0.15) is 0 Å². The van der Waals surface area contributed by atoms with Crippen LogP contribution in [0.5, 0.6) is 0 Å². The van der Waals surface area contributed by atoms with Crippen molar-refractivity contribution in [3.8, 4) is 0 Å². The van der Waals surface area contributed by atoms with Gasteiger partial charge in [-0.3, -0.25) is 0 Å². The number of H-pyrrole nitrogens is 4.